The molecule has 98 valence electrons. The molecule has 1 unspecified atom stereocenters. The van der Waals surface area contributed by atoms with Crippen LogP contribution in [-0.4, -0.2) is 35.1 Å². The van der Waals surface area contributed by atoms with Crippen LogP contribution in [0.1, 0.15) is 25.3 Å². The topological polar surface area (TPSA) is 28.2 Å². The van der Waals surface area contributed by atoms with Crippen LogP contribution >= 0.6 is 11.8 Å². The zero-order chi connectivity index (χ0) is 12.4. The van der Waals surface area contributed by atoms with Crippen molar-refractivity contribution in [1.29, 1.82) is 0 Å². The predicted molar refractivity (Wildman–Crippen MR) is 78.2 cm³/mol. The number of thioether (sulfide) groups is 1. The van der Waals surface area contributed by atoms with Gasteiger partial charge in [0.1, 0.15) is 0 Å². The molecule has 1 aliphatic carbocycles. The van der Waals surface area contributed by atoms with Gasteiger partial charge in [-0.15, -0.1) is 0 Å². The molecule has 1 saturated carbocycles. The monoisotopic (exact) mass is 263 g/mol. The lowest BCUT2D eigenvalue weighted by Gasteiger charge is -2.36. The minimum atomic E-state index is 0.630. The van der Waals surface area contributed by atoms with E-state index in [0.29, 0.717) is 6.04 Å². The molecule has 0 bridgehead atoms. The predicted octanol–water partition coefficient (Wildman–Crippen LogP) is 2.28. The molecule has 0 amide bonds. The van der Waals surface area contributed by atoms with Gasteiger partial charge in [0.25, 0.3) is 0 Å². The van der Waals surface area contributed by atoms with Crippen molar-refractivity contribution in [2.75, 3.05) is 23.0 Å². The van der Waals surface area contributed by atoms with Gasteiger partial charge in [0.2, 0.25) is 0 Å². The number of aromatic nitrogens is 1. The summed E-state index contributed by atoms with van der Waals surface area (Å²) in [4.78, 5) is 6.84. The van der Waals surface area contributed by atoms with Crippen molar-refractivity contribution in [1.82, 2.24) is 10.3 Å². The quantitative estimate of drug-likeness (QED) is 0.902. The van der Waals surface area contributed by atoms with E-state index in [1.807, 2.05) is 12.4 Å². The molecule has 18 heavy (non-hydrogen) atoms. The fourth-order valence-electron chi connectivity index (χ4n) is 2.46. The van der Waals surface area contributed by atoms with Crippen molar-refractivity contribution >= 4 is 17.4 Å². The van der Waals surface area contributed by atoms with Gasteiger partial charge in [0, 0.05) is 60.3 Å². The summed E-state index contributed by atoms with van der Waals surface area (Å²) >= 11 is 2.06. The SMILES string of the molecule is CC1CSCCN1c1ccncc1CNC1CC1. The molecule has 1 aromatic heterocycles. The summed E-state index contributed by atoms with van der Waals surface area (Å²) in [5, 5.41) is 3.60. The van der Waals surface area contributed by atoms with E-state index in [2.05, 4.69) is 40.0 Å². The molecule has 1 N–H and O–H groups in total. The Labute approximate surface area is 113 Å². The van der Waals surface area contributed by atoms with E-state index in [9.17, 15) is 0 Å². The third-order valence-electron chi connectivity index (χ3n) is 3.71. The average Bonchev–Trinajstić information content (AvgIpc) is 3.22. The maximum Gasteiger partial charge on any atom is 0.0445 e. The second-order valence-electron chi connectivity index (χ2n) is 5.28. The van der Waals surface area contributed by atoms with Crippen LogP contribution in [0.4, 0.5) is 5.69 Å². The van der Waals surface area contributed by atoms with Crippen LogP contribution in [-0.2, 0) is 6.54 Å². The van der Waals surface area contributed by atoms with E-state index in [-0.39, 0.29) is 0 Å². The Bertz CT molecular complexity index is 406. The van der Waals surface area contributed by atoms with E-state index in [4.69, 9.17) is 0 Å². The molecule has 0 radical (unpaired) electrons. The molecule has 1 aliphatic heterocycles. The van der Waals surface area contributed by atoms with Gasteiger partial charge in [0.15, 0.2) is 0 Å². The fraction of sp³-hybridized carbons (Fsp3) is 0.643. The molecule has 0 aromatic carbocycles. The van der Waals surface area contributed by atoms with Crippen LogP contribution in [0, 0.1) is 0 Å². The first-order valence-corrected chi connectivity index (χ1v) is 8.01. The summed E-state index contributed by atoms with van der Waals surface area (Å²) < 4.78 is 0. The zero-order valence-corrected chi connectivity index (χ0v) is 11.7. The molecule has 4 heteroatoms. The van der Waals surface area contributed by atoms with Gasteiger partial charge in [0.05, 0.1) is 0 Å². The maximum atomic E-state index is 4.29. The highest BCUT2D eigenvalue weighted by molar-refractivity contribution is 7.99. The Hall–Kier alpha value is -0.740. The fourth-order valence-corrected chi connectivity index (χ4v) is 3.48. The third-order valence-corrected chi connectivity index (χ3v) is 4.90. The Morgan fingerprint density at radius 3 is 3.17 bits per heavy atom. The Balaban J connectivity index is 1.75. The molecule has 2 heterocycles. The van der Waals surface area contributed by atoms with Crippen LogP contribution in [0.2, 0.25) is 0 Å². The van der Waals surface area contributed by atoms with Crippen LogP contribution in [0.5, 0.6) is 0 Å². The highest BCUT2D eigenvalue weighted by Crippen LogP contribution is 2.27. The van der Waals surface area contributed by atoms with Crippen LogP contribution in [0.25, 0.3) is 0 Å². The molecule has 1 saturated heterocycles. The van der Waals surface area contributed by atoms with Crippen molar-refractivity contribution in [3.8, 4) is 0 Å². The van der Waals surface area contributed by atoms with E-state index in [1.165, 1.54) is 35.6 Å². The maximum absolute atomic E-state index is 4.29. The summed E-state index contributed by atoms with van der Waals surface area (Å²) in [7, 11) is 0. The standard InChI is InChI=1S/C14H21N3S/c1-11-10-18-7-6-17(11)14-4-5-15-8-12(14)9-16-13-2-3-13/h4-5,8,11,13,16H,2-3,6-7,9-10H2,1H3. The van der Waals surface area contributed by atoms with Gasteiger partial charge in [-0.25, -0.2) is 0 Å². The summed E-state index contributed by atoms with van der Waals surface area (Å²) in [5.74, 6) is 2.47. The average molecular weight is 263 g/mol. The second kappa shape index (κ2) is 5.49. The largest absolute Gasteiger partial charge is 0.367 e. The number of hydrogen-bond acceptors (Lipinski definition) is 4. The molecule has 3 rings (SSSR count). The molecule has 3 nitrogen and oxygen atoms in total. The minimum Gasteiger partial charge on any atom is -0.367 e. The van der Waals surface area contributed by atoms with E-state index >= 15 is 0 Å². The highest BCUT2D eigenvalue weighted by Gasteiger charge is 2.23. The Kier molecular flexibility index (Phi) is 3.75. The molecular formula is C14H21N3S. The summed E-state index contributed by atoms with van der Waals surface area (Å²) in [5.41, 5.74) is 2.73. The number of nitrogens with one attached hydrogen (secondary N) is 1. The first kappa shape index (κ1) is 12.3. The lowest BCUT2D eigenvalue weighted by Crippen LogP contribution is -2.41. The Morgan fingerprint density at radius 2 is 2.39 bits per heavy atom. The minimum absolute atomic E-state index is 0.630. The lowest BCUT2D eigenvalue weighted by molar-refractivity contribution is 0.664. The zero-order valence-electron chi connectivity index (χ0n) is 10.9. The molecule has 1 atom stereocenters. The normalized spacial score (nSPS) is 24.3. The molecule has 1 aromatic rings. The van der Waals surface area contributed by atoms with Crippen LogP contribution in [0.3, 0.4) is 0 Å². The number of hydrogen-bond donors (Lipinski definition) is 1. The summed E-state index contributed by atoms with van der Waals surface area (Å²) in [6.07, 6.45) is 6.63. The first-order chi connectivity index (χ1) is 8.84. The van der Waals surface area contributed by atoms with Crippen molar-refractivity contribution < 1.29 is 0 Å². The van der Waals surface area contributed by atoms with E-state index in [0.717, 1.165) is 19.1 Å². The molecule has 2 fully saturated rings. The van der Waals surface area contributed by atoms with Crippen molar-refractivity contribution in [3.05, 3.63) is 24.0 Å². The summed E-state index contributed by atoms with van der Waals surface area (Å²) in [6.45, 7) is 4.45. The van der Waals surface area contributed by atoms with Gasteiger partial charge in [-0.2, -0.15) is 11.8 Å². The van der Waals surface area contributed by atoms with Crippen molar-refractivity contribution in [2.24, 2.45) is 0 Å². The number of pyridine rings is 1. The first-order valence-electron chi connectivity index (χ1n) is 6.85. The van der Waals surface area contributed by atoms with Gasteiger partial charge in [-0.1, -0.05) is 0 Å². The molecule has 2 aliphatic rings. The van der Waals surface area contributed by atoms with Crippen LogP contribution < -0.4 is 10.2 Å². The number of nitrogens with zero attached hydrogens (tertiary/aromatic N) is 2. The van der Waals surface area contributed by atoms with E-state index < -0.39 is 0 Å². The van der Waals surface area contributed by atoms with Gasteiger partial charge in [-0.05, 0) is 25.8 Å². The molecule has 0 spiro atoms. The smallest absolute Gasteiger partial charge is 0.0445 e. The number of anilines is 1. The highest BCUT2D eigenvalue weighted by atomic mass is 32.2. The molecular weight excluding hydrogens is 242 g/mol. The van der Waals surface area contributed by atoms with Gasteiger partial charge in [-0.3, -0.25) is 4.98 Å². The summed E-state index contributed by atoms with van der Waals surface area (Å²) in [6, 6.07) is 3.56. The van der Waals surface area contributed by atoms with Crippen LogP contribution in [0.15, 0.2) is 18.5 Å². The van der Waals surface area contributed by atoms with Crippen molar-refractivity contribution in [3.63, 3.8) is 0 Å². The van der Waals surface area contributed by atoms with Gasteiger partial charge >= 0.3 is 0 Å². The third kappa shape index (κ3) is 2.81. The number of rotatable bonds is 4. The Morgan fingerprint density at radius 1 is 1.50 bits per heavy atom. The van der Waals surface area contributed by atoms with Crippen molar-refractivity contribution in [2.45, 2.75) is 38.4 Å². The second-order valence-corrected chi connectivity index (χ2v) is 6.43. The van der Waals surface area contributed by atoms with Gasteiger partial charge < -0.3 is 10.2 Å². The van der Waals surface area contributed by atoms with E-state index in [1.54, 1.807) is 0 Å². The lowest BCUT2D eigenvalue weighted by atomic mass is 10.1.